The number of nitriles is 1. The molecule has 4 atom stereocenters. The number of nitrogens with zero attached hydrogens (tertiary/aromatic N) is 4. The molecular weight excluding hydrogens is 827 g/mol. The Morgan fingerprint density at radius 2 is 1.62 bits per heavy atom. The number of Topliss-reactive ketones (excluding diaryl/α,β-unsaturated/α-hetero) is 3. The Morgan fingerprint density at radius 3 is 2.22 bits per heavy atom. The molecule has 15 nitrogen and oxygen atoms in total. The van der Waals surface area contributed by atoms with Crippen molar-refractivity contribution in [1.29, 1.82) is 5.26 Å². The van der Waals surface area contributed by atoms with Crippen molar-refractivity contribution >= 4 is 29.2 Å². The molecule has 1 aliphatic heterocycles. The zero-order valence-corrected chi connectivity index (χ0v) is 38.2. The number of nitrogens with two attached hydrogens (primary N) is 2. The van der Waals surface area contributed by atoms with E-state index in [-0.39, 0.29) is 81.6 Å². The Balaban J connectivity index is 1.55. The van der Waals surface area contributed by atoms with Crippen LogP contribution in [0.15, 0.2) is 66.9 Å². The Hall–Kier alpha value is -6.34. The normalized spacial score (nSPS) is 17.0. The molecule has 0 aliphatic carbocycles. The third-order valence-corrected chi connectivity index (χ3v) is 11.6. The Labute approximate surface area is 380 Å². The number of rotatable bonds is 17. The summed E-state index contributed by atoms with van der Waals surface area (Å²) in [7, 11) is 1.46. The van der Waals surface area contributed by atoms with Gasteiger partial charge in [-0.1, -0.05) is 64.1 Å². The van der Waals surface area contributed by atoms with E-state index >= 15 is 0 Å². The van der Waals surface area contributed by atoms with Crippen LogP contribution in [-0.4, -0.2) is 95.1 Å². The van der Waals surface area contributed by atoms with Crippen molar-refractivity contribution in [2.75, 3.05) is 40.0 Å². The summed E-state index contributed by atoms with van der Waals surface area (Å²) in [5.41, 5.74) is 16.3. The number of hydrogen-bond acceptors (Lipinski definition) is 13. The molecule has 3 aromatic carbocycles. The van der Waals surface area contributed by atoms with Crippen molar-refractivity contribution in [1.82, 2.24) is 20.2 Å². The number of nitrogens with one attached hydrogen (secondary N) is 1. The number of aliphatic hydroxyl groups is 1. The van der Waals surface area contributed by atoms with Gasteiger partial charge in [0.2, 0.25) is 11.8 Å². The predicted octanol–water partition coefficient (Wildman–Crippen LogP) is 5.37. The van der Waals surface area contributed by atoms with Crippen molar-refractivity contribution in [2.45, 2.75) is 90.6 Å². The smallest absolute Gasteiger partial charge is 0.226 e. The van der Waals surface area contributed by atoms with Crippen LogP contribution in [0, 0.1) is 30.1 Å². The topological polar surface area (TPSA) is 241 Å². The zero-order chi connectivity index (χ0) is 47.4. The van der Waals surface area contributed by atoms with Gasteiger partial charge in [0.25, 0.3) is 0 Å². The average Bonchev–Trinajstić information content (AvgIpc) is 3.28. The molecular formula is C50H61N7O8. The van der Waals surface area contributed by atoms with Crippen LogP contribution >= 0.6 is 0 Å². The summed E-state index contributed by atoms with van der Waals surface area (Å²) >= 11 is 0. The van der Waals surface area contributed by atoms with Crippen molar-refractivity contribution in [3.63, 3.8) is 0 Å². The average molecular weight is 888 g/mol. The van der Waals surface area contributed by atoms with Gasteiger partial charge in [0.1, 0.15) is 30.8 Å². The van der Waals surface area contributed by atoms with E-state index in [1.165, 1.54) is 18.1 Å². The fourth-order valence-electron chi connectivity index (χ4n) is 7.93. The molecule has 2 heterocycles. The van der Waals surface area contributed by atoms with E-state index in [2.05, 4.69) is 36.1 Å². The molecule has 0 spiro atoms. The maximum Gasteiger partial charge on any atom is 0.226 e. The van der Waals surface area contributed by atoms with Gasteiger partial charge in [-0.3, -0.25) is 24.0 Å². The highest BCUT2D eigenvalue weighted by Gasteiger charge is 2.36. The number of hydrogen-bond donors (Lipinski definition) is 4. The second-order valence-electron chi connectivity index (χ2n) is 17.5. The van der Waals surface area contributed by atoms with E-state index in [4.69, 9.17) is 20.9 Å². The fourth-order valence-corrected chi connectivity index (χ4v) is 7.93. The van der Waals surface area contributed by atoms with Gasteiger partial charge in [0.15, 0.2) is 23.2 Å². The highest BCUT2D eigenvalue weighted by molar-refractivity contribution is 6.00. The van der Waals surface area contributed by atoms with E-state index in [1.807, 2.05) is 36.4 Å². The van der Waals surface area contributed by atoms with Crippen LogP contribution in [0.5, 0.6) is 11.5 Å². The summed E-state index contributed by atoms with van der Waals surface area (Å²) < 4.78 is 12.2. The maximum absolute atomic E-state index is 14.7. The zero-order valence-electron chi connectivity index (χ0n) is 38.2. The summed E-state index contributed by atoms with van der Waals surface area (Å²) in [4.78, 5) is 81.0. The number of benzene rings is 3. The van der Waals surface area contributed by atoms with Gasteiger partial charge in [-0.15, -0.1) is 0 Å². The SMILES string of the molecule is Cc1nc(-c2ccc(C(C)(C)C)cc2)ncc1C(=O)C[C@@H](CCO)C(=O)N(C)[C@@H]1C(=O)C[C@@H](C)C(=O)N[C@H](C(=O)CCC#N)Cc2ccc(OCCN)c(c2)-c2cc1ccc2OCCN. The molecule has 2 amide bonds. The minimum absolute atomic E-state index is 0.0353. The van der Waals surface area contributed by atoms with Crippen molar-refractivity contribution < 1.29 is 38.6 Å². The number of amides is 2. The molecule has 1 aliphatic rings. The Morgan fingerprint density at radius 1 is 0.969 bits per heavy atom. The first-order valence-electron chi connectivity index (χ1n) is 22.0. The van der Waals surface area contributed by atoms with E-state index in [0.717, 1.165) is 11.1 Å². The minimum Gasteiger partial charge on any atom is -0.492 e. The molecule has 1 aromatic heterocycles. The first-order valence-corrected chi connectivity index (χ1v) is 22.0. The van der Waals surface area contributed by atoms with Gasteiger partial charge in [-0.2, -0.15) is 5.26 Å². The van der Waals surface area contributed by atoms with Crippen LogP contribution in [-0.2, 0) is 31.0 Å². The summed E-state index contributed by atoms with van der Waals surface area (Å²) in [6.45, 7) is 9.96. The lowest BCUT2D eigenvalue weighted by atomic mass is 9.86. The van der Waals surface area contributed by atoms with Gasteiger partial charge in [0, 0.05) is 87.2 Å². The van der Waals surface area contributed by atoms with E-state index in [9.17, 15) is 34.3 Å². The molecule has 6 N–H and O–H groups in total. The number of likely N-dealkylation sites (N-methyl/N-ethyl adjacent to an activating group) is 1. The first-order chi connectivity index (χ1) is 31.0. The molecule has 0 unspecified atom stereocenters. The number of aliphatic hydroxyl groups excluding tert-OH is 1. The number of ether oxygens (including phenoxy) is 2. The second kappa shape index (κ2) is 22.5. The lowest BCUT2D eigenvalue weighted by Gasteiger charge is -2.32. The van der Waals surface area contributed by atoms with Crippen LogP contribution < -0.4 is 26.3 Å². The van der Waals surface area contributed by atoms with Gasteiger partial charge in [0.05, 0.1) is 23.4 Å². The second-order valence-corrected chi connectivity index (χ2v) is 17.5. The lowest BCUT2D eigenvalue weighted by Crippen LogP contribution is -2.45. The molecule has 15 heteroatoms. The number of ketones is 3. The van der Waals surface area contributed by atoms with Crippen molar-refractivity contribution in [3.8, 4) is 40.1 Å². The van der Waals surface area contributed by atoms with E-state index < -0.39 is 53.9 Å². The number of fused-ring (bicyclic) bond motifs is 5. The van der Waals surface area contributed by atoms with Gasteiger partial charge < -0.3 is 36.3 Å². The first kappa shape index (κ1) is 49.7. The molecule has 4 aromatic rings. The molecule has 5 rings (SSSR count). The fraction of sp³-hybridized carbons (Fsp3) is 0.440. The van der Waals surface area contributed by atoms with E-state index in [0.29, 0.717) is 45.3 Å². The van der Waals surface area contributed by atoms with Gasteiger partial charge in [-0.25, -0.2) is 9.97 Å². The van der Waals surface area contributed by atoms with Gasteiger partial charge in [-0.05, 0) is 66.1 Å². The number of aryl methyl sites for hydroxylation is 1. The van der Waals surface area contributed by atoms with Crippen LogP contribution in [0.25, 0.3) is 22.5 Å². The van der Waals surface area contributed by atoms with Crippen molar-refractivity contribution in [2.24, 2.45) is 23.3 Å². The van der Waals surface area contributed by atoms with Gasteiger partial charge >= 0.3 is 0 Å². The standard InChI is InChI=1S/C50H61N7O8/c1-30-24-43(61)46(57(6)49(63)35(17-21-58)28-42(60)39-29-54-47(55-31(39)2)33-10-13-36(14-11-33)50(3,4)5)34-12-16-45(65-23-20-53)38(27-34)37-25-32(9-15-44(37)64-22-19-52)26-40(56-48(30)62)41(59)8-7-18-51/h9-16,25,27,29-30,35,40,46,58H,7-8,17,19-24,26,28,52-53H2,1-6H3,(H,56,62)/t30-,35-,40+,46+/m1/s1. The predicted molar refractivity (Wildman–Crippen MR) is 246 cm³/mol. The van der Waals surface area contributed by atoms with Crippen LogP contribution in [0.3, 0.4) is 0 Å². The highest BCUT2D eigenvalue weighted by atomic mass is 16.5. The summed E-state index contributed by atoms with van der Waals surface area (Å²) in [6, 6.07) is 18.0. The molecule has 4 bridgehead atoms. The Bertz CT molecular complexity index is 2410. The molecule has 65 heavy (non-hydrogen) atoms. The third-order valence-electron chi connectivity index (χ3n) is 11.6. The largest absolute Gasteiger partial charge is 0.492 e. The maximum atomic E-state index is 14.7. The molecule has 0 saturated carbocycles. The highest BCUT2D eigenvalue weighted by Crippen LogP contribution is 2.41. The quantitative estimate of drug-likeness (QED) is 0.0977. The summed E-state index contributed by atoms with van der Waals surface area (Å²) in [6.07, 6.45) is 0.700. The monoisotopic (exact) mass is 887 g/mol. The molecule has 344 valence electrons. The lowest BCUT2D eigenvalue weighted by molar-refractivity contribution is -0.142. The molecule has 0 radical (unpaired) electrons. The third kappa shape index (κ3) is 12.5. The Kier molecular flexibility index (Phi) is 17.2. The number of aromatic nitrogens is 2. The molecule has 0 saturated heterocycles. The van der Waals surface area contributed by atoms with Crippen LogP contribution in [0.2, 0.25) is 0 Å². The summed E-state index contributed by atoms with van der Waals surface area (Å²) in [5.74, 6) is -3.11. The minimum atomic E-state index is -1.28. The molecule has 0 fully saturated rings. The summed E-state index contributed by atoms with van der Waals surface area (Å²) in [5, 5.41) is 22.3. The van der Waals surface area contributed by atoms with Crippen LogP contribution in [0.4, 0.5) is 0 Å². The number of carbonyl (C=O) groups excluding carboxylic acids is 5. The number of carbonyl (C=O) groups is 5. The van der Waals surface area contributed by atoms with Crippen molar-refractivity contribution in [3.05, 3.63) is 94.8 Å². The van der Waals surface area contributed by atoms with Crippen LogP contribution in [0.1, 0.15) is 98.6 Å². The van der Waals surface area contributed by atoms with E-state index in [1.54, 1.807) is 44.2 Å².